The molecule has 3 heteroatoms. The Morgan fingerprint density at radius 1 is 1.36 bits per heavy atom. The van der Waals surface area contributed by atoms with Crippen molar-refractivity contribution in [3.05, 3.63) is 12.2 Å². The molecular weight excluding hydrogens is 176 g/mol. The Kier molecular flexibility index (Phi) is 11.4. The highest BCUT2D eigenvalue weighted by molar-refractivity contribution is 5.88. The van der Waals surface area contributed by atoms with E-state index in [4.69, 9.17) is 0 Å². The van der Waals surface area contributed by atoms with Crippen LogP contribution in [0, 0.1) is 0 Å². The van der Waals surface area contributed by atoms with Gasteiger partial charge in [-0.1, -0.05) is 13.5 Å². The van der Waals surface area contributed by atoms with Gasteiger partial charge in [0.25, 0.3) is 0 Å². The van der Waals surface area contributed by atoms with E-state index in [0.29, 0.717) is 12.1 Å². The van der Waals surface area contributed by atoms with Crippen LogP contribution in [0.1, 0.15) is 27.2 Å². The molecule has 0 unspecified atom stereocenters. The number of hydrogen-bond donors (Lipinski definition) is 1. The summed E-state index contributed by atoms with van der Waals surface area (Å²) in [7, 11) is 4.28. The van der Waals surface area contributed by atoms with Gasteiger partial charge in [-0.2, -0.15) is 0 Å². The van der Waals surface area contributed by atoms with Gasteiger partial charge in [-0.15, -0.1) is 0 Å². The monoisotopic (exact) mass is 200 g/mol. The van der Waals surface area contributed by atoms with Crippen LogP contribution in [0.4, 0.5) is 0 Å². The topological polar surface area (TPSA) is 39.9 Å². The summed E-state index contributed by atoms with van der Waals surface area (Å²) in [6.07, 6.45) is 0.916. The van der Waals surface area contributed by atoms with E-state index in [1.807, 2.05) is 6.92 Å². The summed E-state index contributed by atoms with van der Waals surface area (Å²) in [6.45, 7) is 11.1. The molecule has 0 aliphatic rings. The molecule has 0 rings (SSSR count). The van der Waals surface area contributed by atoms with Gasteiger partial charge in [0.05, 0.1) is 20.6 Å². The summed E-state index contributed by atoms with van der Waals surface area (Å²) >= 11 is 0. The normalized spacial score (nSPS) is 10.9. The minimum atomic E-state index is -0.170. The molecule has 0 radical (unpaired) electrons. The third-order valence-electron chi connectivity index (χ3n) is 1.55. The third-order valence-corrected chi connectivity index (χ3v) is 1.55. The van der Waals surface area contributed by atoms with Crippen LogP contribution in [-0.2, 0) is 0 Å². The summed E-state index contributed by atoms with van der Waals surface area (Å²) in [5, 5.41) is 10.6. The van der Waals surface area contributed by atoms with Crippen LogP contribution >= 0.6 is 0 Å². The molecule has 0 aromatic carbocycles. The van der Waals surface area contributed by atoms with Gasteiger partial charge in [-0.3, -0.25) is 0 Å². The fourth-order valence-corrected chi connectivity index (χ4v) is 0.348. The lowest BCUT2D eigenvalue weighted by molar-refractivity contribution is -0.856. The standard InChI is InChI=1S/C7H13NO.C4H11N/c1-4-5-8-7(9)6(2)3;1-4-5(2)3/h2,4-5H2,1,3H3,(H,8,9);4H2,1-3H3. The zero-order valence-electron chi connectivity index (χ0n) is 10.2. The van der Waals surface area contributed by atoms with Gasteiger partial charge in [-0.05, 0) is 31.7 Å². The quantitative estimate of drug-likeness (QED) is 0.499. The fourth-order valence-electron chi connectivity index (χ4n) is 0.348. The highest BCUT2D eigenvalue weighted by Crippen LogP contribution is 1.86. The van der Waals surface area contributed by atoms with E-state index in [9.17, 15) is 5.11 Å². The van der Waals surface area contributed by atoms with Gasteiger partial charge in [0.1, 0.15) is 0 Å². The zero-order chi connectivity index (χ0) is 11.6. The van der Waals surface area contributed by atoms with Crippen molar-refractivity contribution in [2.45, 2.75) is 27.2 Å². The molecule has 0 saturated carbocycles. The molecule has 3 nitrogen and oxygen atoms in total. The molecule has 0 spiro atoms. The molecule has 0 fully saturated rings. The minimum Gasteiger partial charge on any atom is -0.859 e. The number of quaternary nitrogens is 1. The predicted octanol–water partition coefficient (Wildman–Crippen LogP) is -0.118. The van der Waals surface area contributed by atoms with Crippen LogP contribution in [0.5, 0.6) is 0 Å². The molecule has 0 heterocycles. The highest BCUT2D eigenvalue weighted by Gasteiger charge is 1.80. The largest absolute Gasteiger partial charge is 0.859 e. The maximum Gasteiger partial charge on any atom is 0.0738 e. The van der Waals surface area contributed by atoms with Crippen molar-refractivity contribution in [1.82, 2.24) is 0 Å². The molecule has 0 aromatic rings. The van der Waals surface area contributed by atoms with E-state index >= 15 is 0 Å². The van der Waals surface area contributed by atoms with Crippen molar-refractivity contribution in [2.75, 3.05) is 27.2 Å². The lowest BCUT2D eigenvalue weighted by Gasteiger charge is -2.07. The van der Waals surface area contributed by atoms with E-state index in [1.165, 1.54) is 11.4 Å². The molecule has 0 aliphatic carbocycles. The fraction of sp³-hybridized carbons (Fsp3) is 0.727. The summed E-state index contributed by atoms with van der Waals surface area (Å²) in [4.78, 5) is 5.21. The Hall–Kier alpha value is -0.830. The van der Waals surface area contributed by atoms with Crippen molar-refractivity contribution in [2.24, 2.45) is 4.99 Å². The molecule has 0 amide bonds. The first-order chi connectivity index (χ1) is 6.45. The maximum absolute atomic E-state index is 10.6. The molecule has 0 bridgehead atoms. The first-order valence-electron chi connectivity index (χ1n) is 5.12. The van der Waals surface area contributed by atoms with Crippen LogP contribution in [0.15, 0.2) is 17.1 Å². The van der Waals surface area contributed by atoms with Crippen LogP contribution in [0.25, 0.3) is 0 Å². The maximum atomic E-state index is 10.6. The summed E-state index contributed by atoms with van der Waals surface area (Å²) in [5.74, 6) is -0.170. The summed E-state index contributed by atoms with van der Waals surface area (Å²) < 4.78 is 0. The number of nitrogens with zero attached hydrogens (tertiary/aromatic N) is 1. The van der Waals surface area contributed by atoms with Gasteiger partial charge in [0.15, 0.2) is 0 Å². The number of hydrogen-bond acceptors (Lipinski definition) is 2. The van der Waals surface area contributed by atoms with Gasteiger partial charge in [0.2, 0.25) is 0 Å². The zero-order valence-corrected chi connectivity index (χ0v) is 10.2. The van der Waals surface area contributed by atoms with E-state index < -0.39 is 0 Å². The molecular formula is C11H24N2O. The van der Waals surface area contributed by atoms with E-state index in [0.717, 1.165) is 6.42 Å². The van der Waals surface area contributed by atoms with Crippen LogP contribution in [-0.4, -0.2) is 33.1 Å². The number of rotatable bonds is 4. The predicted molar refractivity (Wildman–Crippen MR) is 60.8 cm³/mol. The molecule has 0 saturated heterocycles. The minimum absolute atomic E-state index is 0.170. The molecule has 0 aliphatic heterocycles. The molecule has 0 aromatic heterocycles. The second-order valence-electron chi connectivity index (χ2n) is 3.53. The van der Waals surface area contributed by atoms with E-state index in [2.05, 4.69) is 32.6 Å². The Labute approximate surface area is 88.2 Å². The number of nitrogens with one attached hydrogen (secondary N) is 1. The molecule has 0 atom stereocenters. The molecule has 84 valence electrons. The summed E-state index contributed by atoms with van der Waals surface area (Å²) in [5.41, 5.74) is 0.517. The highest BCUT2D eigenvalue weighted by atomic mass is 16.3. The average Bonchev–Trinajstić information content (AvgIpc) is 2.14. The lowest BCUT2D eigenvalue weighted by Crippen LogP contribution is -3.05. The smallest absolute Gasteiger partial charge is 0.0738 e. The van der Waals surface area contributed by atoms with Crippen molar-refractivity contribution in [1.29, 1.82) is 0 Å². The van der Waals surface area contributed by atoms with Crippen LogP contribution in [0.2, 0.25) is 0 Å². The lowest BCUT2D eigenvalue weighted by atomic mass is 10.3. The Bertz CT molecular complexity index is 174. The van der Waals surface area contributed by atoms with Gasteiger partial charge < -0.3 is 15.0 Å². The average molecular weight is 200 g/mol. The van der Waals surface area contributed by atoms with Crippen molar-refractivity contribution in [3.8, 4) is 0 Å². The van der Waals surface area contributed by atoms with Crippen molar-refractivity contribution in [3.63, 3.8) is 0 Å². The Balaban J connectivity index is 0. The first-order valence-corrected chi connectivity index (χ1v) is 5.12. The van der Waals surface area contributed by atoms with Crippen molar-refractivity contribution < 1.29 is 10.0 Å². The molecule has 14 heavy (non-hydrogen) atoms. The number of aliphatic imine (C=N–C) groups is 1. The van der Waals surface area contributed by atoms with Crippen LogP contribution in [0.3, 0.4) is 0 Å². The second kappa shape index (κ2) is 10.3. The van der Waals surface area contributed by atoms with Gasteiger partial charge in [0, 0.05) is 6.54 Å². The van der Waals surface area contributed by atoms with Crippen LogP contribution < -0.4 is 10.0 Å². The van der Waals surface area contributed by atoms with E-state index in [1.54, 1.807) is 6.92 Å². The second-order valence-corrected chi connectivity index (χ2v) is 3.53. The SMILES string of the molecule is C=C(C)C([O-])=NCCC.CC[NH+](C)C. The van der Waals surface area contributed by atoms with Gasteiger partial charge >= 0.3 is 0 Å². The Morgan fingerprint density at radius 2 is 1.79 bits per heavy atom. The first kappa shape index (κ1) is 15.6. The Morgan fingerprint density at radius 3 is 2.00 bits per heavy atom. The van der Waals surface area contributed by atoms with Crippen molar-refractivity contribution >= 4 is 5.90 Å². The third kappa shape index (κ3) is 13.7. The van der Waals surface area contributed by atoms with E-state index in [-0.39, 0.29) is 5.90 Å². The summed E-state index contributed by atoms with van der Waals surface area (Å²) in [6, 6.07) is 0. The molecule has 1 N–H and O–H groups in total. The van der Waals surface area contributed by atoms with Gasteiger partial charge in [-0.25, -0.2) is 0 Å².